The molecule has 1 heterocycles. The number of ether oxygens (including phenoxy) is 1. The first-order chi connectivity index (χ1) is 12.0. The van der Waals surface area contributed by atoms with Gasteiger partial charge < -0.3 is 4.74 Å². The van der Waals surface area contributed by atoms with Crippen molar-refractivity contribution in [2.75, 3.05) is 18.1 Å². The van der Waals surface area contributed by atoms with Crippen LogP contribution in [0.25, 0.3) is 0 Å². The fraction of sp³-hybridized carbons (Fsp3) is 0.300. The van der Waals surface area contributed by atoms with Crippen LogP contribution in [0.15, 0.2) is 48.5 Å². The lowest BCUT2D eigenvalue weighted by Gasteiger charge is -2.19. The Labute approximate surface area is 147 Å². The molecule has 0 spiro atoms. The van der Waals surface area contributed by atoms with Crippen molar-refractivity contribution in [3.63, 3.8) is 0 Å². The highest BCUT2D eigenvalue weighted by Gasteiger charge is 2.42. The van der Waals surface area contributed by atoms with Crippen LogP contribution in [0.5, 0.6) is 5.75 Å². The molecule has 0 unspecified atom stereocenters. The highest BCUT2D eigenvalue weighted by atomic mass is 16.5. The van der Waals surface area contributed by atoms with Gasteiger partial charge in [0.1, 0.15) is 18.4 Å². The van der Waals surface area contributed by atoms with Gasteiger partial charge in [-0.3, -0.25) is 14.6 Å². The minimum atomic E-state index is -0.505. The molecule has 0 N–H and O–H groups in total. The van der Waals surface area contributed by atoms with Crippen molar-refractivity contribution in [3.8, 4) is 5.75 Å². The Hall–Kier alpha value is -2.82. The van der Waals surface area contributed by atoms with Crippen molar-refractivity contribution in [2.24, 2.45) is 0 Å². The SMILES string of the molecule is Cc1ccc(OCCN2C(=O)[C@H](C)N(c3ccc(C)cc3)C2=O)cc1. The lowest BCUT2D eigenvalue weighted by molar-refractivity contribution is -0.127. The van der Waals surface area contributed by atoms with E-state index in [2.05, 4.69) is 0 Å². The standard InChI is InChI=1S/C20H22N2O3/c1-14-4-8-17(9-5-14)22-16(3)19(23)21(20(22)24)12-13-25-18-10-6-15(2)7-11-18/h4-11,16H,12-13H2,1-3H3/t16-/m0/s1. The second-order valence-corrected chi connectivity index (χ2v) is 6.32. The van der Waals surface area contributed by atoms with Gasteiger partial charge in [-0.2, -0.15) is 0 Å². The van der Waals surface area contributed by atoms with Gasteiger partial charge in [0.05, 0.1) is 6.54 Å². The number of amides is 3. The second-order valence-electron chi connectivity index (χ2n) is 6.32. The highest BCUT2D eigenvalue weighted by Crippen LogP contribution is 2.26. The summed E-state index contributed by atoms with van der Waals surface area (Å²) >= 11 is 0. The molecule has 0 bridgehead atoms. The van der Waals surface area contributed by atoms with Crippen LogP contribution in [0.2, 0.25) is 0 Å². The number of urea groups is 1. The molecule has 5 nitrogen and oxygen atoms in total. The minimum absolute atomic E-state index is 0.196. The molecule has 3 amide bonds. The monoisotopic (exact) mass is 338 g/mol. The summed E-state index contributed by atoms with van der Waals surface area (Å²) in [6, 6.07) is 14.5. The summed E-state index contributed by atoms with van der Waals surface area (Å²) in [5.41, 5.74) is 3.00. The molecule has 0 saturated carbocycles. The molecule has 2 aromatic carbocycles. The van der Waals surface area contributed by atoms with E-state index in [4.69, 9.17) is 4.74 Å². The predicted octanol–water partition coefficient (Wildman–Crippen LogP) is 3.54. The number of carbonyl (C=O) groups is 2. The number of benzene rings is 2. The van der Waals surface area contributed by atoms with E-state index in [0.29, 0.717) is 0 Å². The number of hydrogen-bond donors (Lipinski definition) is 0. The van der Waals surface area contributed by atoms with Crippen molar-refractivity contribution in [2.45, 2.75) is 26.8 Å². The number of hydrogen-bond acceptors (Lipinski definition) is 3. The van der Waals surface area contributed by atoms with E-state index in [1.54, 1.807) is 6.92 Å². The smallest absolute Gasteiger partial charge is 0.332 e. The molecule has 130 valence electrons. The van der Waals surface area contributed by atoms with Gasteiger partial charge in [-0.05, 0) is 45.0 Å². The van der Waals surface area contributed by atoms with Crippen LogP contribution in [0.3, 0.4) is 0 Å². The predicted molar refractivity (Wildman–Crippen MR) is 96.9 cm³/mol. The van der Waals surface area contributed by atoms with Crippen LogP contribution < -0.4 is 9.64 Å². The maximum atomic E-state index is 12.7. The summed E-state index contributed by atoms with van der Waals surface area (Å²) < 4.78 is 5.65. The normalized spacial score (nSPS) is 17.3. The lowest BCUT2D eigenvalue weighted by Crippen LogP contribution is -2.36. The van der Waals surface area contributed by atoms with Crippen molar-refractivity contribution in [1.82, 2.24) is 4.90 Å². The highest BCUT2D eigenvalue weighted by molar-refractivity contribution is 6.14. The molecule has 1 aliphatic heterocycles. The van der Waals surface area contributed by atoms with Crippen LogP contribution in [0.4, 0.5) is 10.5 Å². The van der Waals surface area contributed by atoms with E-state index < -0.39 is 6.04 Å². The largest absolute Gasteiger partial charge is 0.492 e. The molecule has 5 heteroatoms. The topological polar surface area (TPSA) is 49.9 Å². The van der Waals surface area contributed by atoms with Crippen LogP contribution in [-0.4, -0.2) is 36.0 Å². The van der Waals surface area contributed by atoms with Crippen molar-refractivity contribution in [3.05, 3.63) is 59.7 Å². The third-order valence-electron chi connectivity index (χ3n) is 4.36. The zero-order valence-corrected chi connectivity index (χ0v) is 14.7. The summed E-state index contributed by atoms with van der Waals surface area (Å²) in [7, 11) is 0. The maximum Gasteiger partial charge on any atom is 0.332 e. The van der Waals surface area contributed by atoms with Gasteiger partial charge in [-0.25, -0.2) is 4.79 Å². The Balaban J connectivity index is 1.65. The molecule has 1 saturated heterocycles. The van der Waals surface area contributed by atoms with E-state index in [1.807, 2.05) is 62.4 Å². The van der Waals surface area contributed by atoms with Gasteiger partial charge in [0.2, 0.25) is 0 Å². The van der Waals surface area contributed by atoms with Crippen LogP contribution in [-0.2, 0) is 4.79 Å². The summed E-state index contributed by atoms with van der Waals surface area (Å²) in [6.45, 7) is 6.25. The fourth-order valence-electron chi connectivity index (χ4n) is 2.86. The number of aryl methyl sites for hydroxylation is 2. The van der Waals surface area contributed by atoms with E-state index in [9.17, 15) is 9.59 Å². The van der Waals surface area contributed by atoms with Crippen molar-refractivity contribution in [1.29, 1.82) is 0 Å². The van der Waals surface area contributed by atoms with Crippen molar-refractivity contribution >= 4 is 17.6 Å². The van der Waals surface area contributed by atoms with Gasteiger partial charge in [0.25, 0.3) is 5.91 Å². The van der Waals surface area contributed by atoms with Crippen LogP contribution >= 0.6 is 0 Å². The van der Waals surface area contributed by atoms with E-state index >= 15 is 0 Å². The molecule has 0 aliphatic carbocycles. The molecule has 1 fully saturated rings. The van der Waals surface area contributed by atoms with Crippen molar-refractivity contribution < 1.29 is 14.3 Å². The number of rotatable bonds is 5. The zero-order chi connectivity index (χ0) is 18.0. The first kappa shape index (κ1) is 17.0. The molecular weight excluding hydrogens is 316 g/mol. The Morgan fingerprint density at radius 1 is 0.920 bits per heavy atom. The number of imide groups is 1. The molecule has 3 rings (SSSR count). The molecular formula is C20H22N2O3. The van der Waals surface area contributed by atoms with Gasteiger partial charge in [0, 0.05) is 5.69 Å². The van der Waals surface area contributed by atoms with Crippen LogP contribution in [0, 0.1) is 13.8 Å². The second kappa shape index (κ2) is 6.97. The zero-order valence-electron chi connectivity index (χ0n) is 14.7. The van der Waals surface area contributed by atoms with E-state index in [0.717, 1.165) is 22.6 Å². The van der Waals surface area contributed by atoms with Gasteiger partial charge in [-0.15, -0.1) is 0 Å². The Morgan fingerprint density at radius 2 is 1.48 bits per heavy atom. The molecule has 0 radical (unpaired) electrons. The van der Waals surface area contributed by atoms with E-state index in [-0.39, 0.29) is 25.1 Å². The Bertz CT molecular complexity index is 769. The summed E-state index contributed by atoms with van der Waals surface area (Å²) in [4.78, 5) is 27.9. The first-order valence-corrected chi connectivity index (χ1v) is 8.38. The third-order valence-corrected chi connectivity index (χ3v) is 4.36. The summed E-state index contributed by atoms with van der Waals surface area (Å²) in [5.74, 6) is 0.534. The lowest BCUT2D eigenvalue weighted by atomic mass is 10.2. The number of nitrogens with zero attached hydrogens (tertiary/aromatic N) is 2. The third kappa shape index (κ3) is 3.50. The quantitative estimate of drug-likeness (QED) is 0.784. The molecule has 0 aromatic heterocycles. The Kier molecular flexibility index (Phi) is 4.74. The number of carbonyl (C=O) groups excluding carboxylic acids is 2. The fourth-order valence-corrected chi connectivity index (χ4v) is 2.86. The maximum absolute atomic E-state index is 12.7. The Morgan fingerprint density at radius 3 is 2.08 bits per heavy atom. The molecule has 1 aliphatic rings. The van der Waals surface area contributed by atoms with Crippen LogP contribution in [0.1, 0.15) is 18.1 Å². The summed E-state index contributed by atoms with van der Waals surface area (Å²) in [5, 5.41) is 0. The first-order valence-electron chi connectivity index (χ1n) is 8.38. The molecule has 2 aromatic rings. The average molecular weight is 338 g/mol. The molecule has 1 atom stereocenters. The van der Waals surface area contributed by atoms with Gasteiger partial charge >= 0.3 is 6.03 Å². The minimum Gasteiger partial charge on any atom is -0.492 e. The molecule has 25 heavy (non-hydrogen) atoms. The van der Waals surface area contributed by atoms with Gasteiger partial charge in [0.15, 0.2) is 0 Å². The van der Waals surface area contributed by atoms with Gasteiger partial charge in [-0.1, -0.05) is 35.4 Å². The van der Waals surface area contributed by atoms with E-state index in [1.165, 1.54) is 9.80 Å². The average Bonchev–Trinajstić information content (AvgIpc) is 2.81. The number of anilines is 1. The summed E-state index contributed by atoms with van der Waals surface area (Å²) in [6.07, 6.45) is 0.